The van der Waals surface area contributed by atoms with Gasteiger partial charge in [0.1, 0.15) is 0 Å². The number of rotatable bonds is 4. The first kappa shape index (κ1) is 15.3. The van der Waals surface area contributed by atoms with Gasteiger partial charge in [0, 0.05) is 16.4 Å². The van der Waals surface area contributed by atoms with E-state index in [2.05, 4.69) is 15.5 Å². The van der Waals surface area contributed by atoms with E-state index >= 15 is 0 Å². The van der Waals surface area contributed by atoms with Crippen molar-refractivity contribution in [1.82, 2.24) is 14.6 Å². The maximum atomic E-state index is 12.0. The molecule has 6 nitrogen and oxygen atoms in total. The molecule has 2 heterocycles. The molecule has 23 heavy (non-hydrogen) atoms. The zero-order chi connectivity index (χ0) is 16.4. The Labute approximate surface area is 138 Å². The number of carbonyl (C=O) groups is 1. The zero-order valence-corrected chi connectivity index (χ0v) is 13.5. The van der Waals surface area contributed by atoms with Gasteiger partial charge < -0.3 is 10.1 Å². The van der Waals surface area contributed by atoms with Crippen LogP contribution < -0.4 is 5.32 Å². The molecule has 118 valence electrons. The first-order valence-electron chi connectivity index (χ1n) is 7.13. The van der Waals surface area contributed by atoms with Crippen molar-refractivity contribution in [2.45, 2.75) is 13.8 Å². The predicted octanol–water partition coefficient (Wildman–Crippen LogP) is 3.61. The number of halogens is 1. The highest BCUT2D eigenvalue weighted by Gasteiger charge is 2.17. The van der Waals surface area contributed by atoms with E-state index in [9.17, 15) is 4.79 Å². The van der Waals surface area contributed by atoms with Crippen LogP contribution in [0.25, 0.3) is 5.52 Å². The van der Waals surface area contributed by atoms with Gasteiger partial charge in [-0.25, -0.2) is 4.79 Å². The second kappa shape index (κ2) is 6.26. The minimum atomic E-state index is -0.355. The summed E-state index contributed by atoms with van der Waals surface area (Å²) >= 11 is 5.89. The number of benzene rings is 1. The highest BCUT2D eigenvalue weighted by molar-refractivity contribution is 6.30. The summed E-state index contributed by atoms with van der Waals surface area (Å²) < 4.78 is 6.91. The van der Waals surface area contributed by atoms with Gasteiger partial charge in [0.15, 0.2) is 0 Å². The van der Waals surface area contributed by atoms with Gasteiger partial charge in [-0.05, 0) is 44.2 Å². The van der Waals surface area contributed by atoms with E-state index < -0.39 is 0 Å². The maximum absolute atomic E-state index is 12.0. The summed E-state index contributed by atoms with van der Waals surface area (Å²) in [5.74, 6) is 0.156. The molecule has 0 atom stereocenters. The molecule has 0 radical (unpaired) electrons. The number of nitrogens with zero attached hydrogens (tertiary/aromatic N) is 3. The van der Waals surface area contributed by atoms with E-state index in [1.807, 2.05) is 23.5 Å². The molecule has 3 aromatic rings. The fraction of sp³-hybridized carbons (Fsp3) is 0.188. The Kier molecular flexibility index (Phi) is 4.16. The summed E-state index contributed by atoms with van der Waals surface area (Å²) in [7, 11) is 0. The lowest BCUT2D eigenvalue weighted by Crippen LogP contribution is -2.07. The fourth-order valence-electron chi connectivity index (χ4n) is 2.35. The van der Waals surface area contributed by atoms with Gasteiger partial charge in [0.25, 0.3) is 0 Å². The van der Waals surface area contributed by atoms with Crippen LogP contribution in [0.1, 0.15) is 23.0 Å². The molecule has 0 amide bonds. The Hall–Kier alpha value is -2.60. The Morgan fingerprint density at radius 1 is 1.35 bits per heavy atom. The molecule has 0 unspecified atom stereocenters. The minimum absolute atomic E-state index is 0.330. The van der Waals surface area contributed by atoms with Gasteiger partial charge >= 0.3 is 5.97 Å². The molecule has 0 fully saturated rings. The van der Waals surface area contributed by atoms with Crippen LogP contribution in [0.4, 0.5) is 11.6 Å². The van der Waals surface area contributed by atoms with E-state index in [4.69, 9.17) is 16.3 Å². The second-order valence-corrected chi connectivity index (χ2v) is 5.36. The fourth-order valence-corrected chi connectivity index (χ4v) is 2.48. The number of aromatic nitrogens is 3. The lowest BCUT2D eigenvalue weighted by Gasteiger charge is -2.09. The van der Waals surface area contributed by atoms with Crippen LogP contribution in [0.3, 0.4) is 0 Å². The third-order valence-corrected chi connectivity index (χ3v) is 3.68. The predicted molar refractivity (Wildman–Crippen MR) is 88.4 cm³/mol. The molecule has 1 aromatic carbocycles. The van der Waals surface area contributed by atoms with E-state index in [0.717, 1.165) is 16.9 Å². The van der Waals surface area contributed by atoms with Crippen molar-refractivity contribution in [3.63, 3.8) is 0 Å². The number of ether oxygens (including phenoxy) is 1. The van der Waals surface area contributed by atoms with Crippen LogP contribution in [0.2, 0.25) is 5.02 Å². The second-order valence-electron chi connectivity index (χ2n) is 4.92. The van der Waals surface area contributed by atoms with Crippen LogP contribution in [0.5, 0.6) is 0 Å². The summed E-state index contributed by atoms with van der Waals surface area (Å²) in [4.78, 5) is 12.0. The van der Waals surface area contributed by atoms with Crippen molar-refractivity contribution in [3.8, 4) is 0 Å². The first-order valence-corrected chi connectivity index (χ1v) is 7.51. The molecule has 0 aliphatic rings. The van der Waals surface area contributed by atoms with E-state index in [0.29, 0.717) is 23.1 Å². The molecule has 3 rings (SSSR count). The van der Waals surface area contributed by atoms with E-state index in [-0.39, 0.29) is 5.97 Å². The van der Waals surface area contributed by atoms with Gasteiger partial charge in [-0.2, -0.15) is 5.10 Å². The van der Waals surface area contributed by atoms with E-state index in [1.54, 1.807) is 31.3 Å². The van der Waals surface area contributed by atoms with Crippen molar-refractivity contribution >= 4 is 34.7 Å². The number of esters is 1. The first-order chi connectivity index (χ1) is 11.1. The molecular weight excluding hydrogens is 316 g/mol. The van der Waals surface area contributed by atoms with Gasteiger partial charge in [-0.3, -0.25) is 4.40 Å². The highest BCUT2D eigenvalue weighted by atomic mass is 35.5. The third-order valence-electron chi connectivity index (χ3n) is 3.43. The summed E-state index contributed by atoms with van der Waals surface area (Å²) in [5.41, 5.74) is 2.82. The van der Waals surface area contributed by atoms with Crippen LogP contribution in [0.15, 0.2) is 36.5 Å². The van der Waals surface area contributed by atoms with Crippen molar-refractivity contribution in [2.75, 3.05) is 11.9 Å². The Morgan fingerprint density at radius 2 is 2.09 bits per heavy atom. The average molecular weight is 331 g/mol. The van der Waals surface area contributed by atoms with Gasteiger partial charge in [-0.1, -0.05) is 11.6 Å². The molecular formula is C16H15ClN4O2. The monoisotopic (exact) mass is 330 g/mol. The van der Waals surface area contributed by atoms with E-state index in [1.165, 1.54) is 0 Å². The largest absolute Gasteiger partial charge is 0.462 e. The van der Waals surface area contributed by atoms with Crippen LogP contribution >= 0.6 is 11.6 Å². The zero-order valence-electron chi connectivity index (χ0n) is 12.7. The number of hydrogen-bond donors (Lipinski definition) is 1. The average Bonchev–Trinajstić information content (AvgIpc) is 2.88. The smallest absolute Gasteiger partial charge is 0.339 e. The van der Waals surface area contributed by atoms with Crippen molar-refractivity contribution in [2.24, 2.45) is 0 Å². The van der Waals surface area contributed by atoms with Crippen LogP contribution in [0, 0.1) is 6.92 Å². The summed E-state index contributed by atoms with van der Waals surface area (Å²) in [6.45, 7) is 3.95. The molecule has 7 heteroatoms. The minimum Gasteiger partial charge on any atom is -0.462 e. The number of fused-ring (bicyclic) bond motifs is 1. The third kappa shape index (κ3) is 2.98. The lowest BCUT2D eigenvalue weighted by atomic mass is 10.2. The highest BCUT2D eigenvalue weighted by Crippen LogP contribution is 2.23. The Bertz CT molecular complexity index is 858. The summed E-state index contributed by atoms with van der Waals surface area (Å²) in [6, 6.07) is 8.99. The summed E-state index contributed by atoms with van der Waals surface area (Å²) in [5, 5.41) is 11.9. The van der Waals surface area contributed by atoms with Gasteiger partial charge in [0.05, 0.1) is 23.9 Å². The van der Waals surface area contributed by atoms with Crippen LogP contribution in [-0.4, -0.2) is 27.2 Å². The van der Waals surface area contributed by atoms with Crippen molar-refractivity contribution in [1.29, 1.82) is 0 Å². The molecule has 1 N–H and O–H groups in total. The number of anilines is 2. The Balaban J connectivity index is 2.04. The quantitative estimate of drug-likeness (QED) is 0.740. The number of nitrogens with one attached hydrogen (secondary N) is 1. The number of hydrogen-bond acceptors (Lipinski definition) is 5. The lowest BCUT2D eigenvalue weighted by molar-refractivity contribution is 0.0525. The molecule has 0 bridgehead atoms. The molecule has 0 saturated heterocycles. The molecule has 2 aromatic heterocycles. The molecule has 0 spiro atoms. The van der Waals surface area contributed by atoms with Gasteiger partial charge in [0.2, 0.25) is 5.95 Å². The molecule has 0 aliphatic carbocycles. The maximum Gasteiger partial charge on any atom is 0.339 e. The van der Waals surface area contributed by atoms with Crippen molar-refractivity contribution < 1.29 is 9.53 Å². The van der Waals surface area contributed by atoms with Crippen molar-refractivity contribution in [3.05, 3.63) is 52.8 Å². The topological polar surface area (TPSA) is 68.5 Å². The summed E-state index contributed by atoms with van der Waals surface area (Å²) in [6.07, 6.45) is 1.60. The normalized spacial score (nSPS) is 10.7. The van der Waals surface area contributed by atoms with Crippen LogP contribution in [-0.2, 0) is 4.74 Å². The number of carbonyl (C=O) groups excluding carboxylic acids is 1. The SMILES string of the molecule is CCOC(=O)c1cc2cnnc(Nc3ccc(Cl)cc3)n2c1C. The number of aryl methyl sites for hydroxylation is 1. The molecule has 0 aliphatic heterocycles. The van der Waals surface area contributed by atoms with Gasteiger partial charge in [-0.15, -0.1) is 5.10 Å². The standard InChI is InChI=1S/C16H15ClN4O2/c1-3-23-15(22)14-8-13-9-18-20-16(21(13)10(14)2)19-12-6-4-11(17)5-7-12/h4-9H,3H2,1-2H3,(H,19,20). The molecule has 0 saturated carbocycles. The Morgan fingerprint density at radius 3 is 2.78 bits per heavy atom.